The third kappa shape index (κ3) is 2.45. The lowest BCUT2D eigenvalue weighted by Gasteiger charge is -1.99. The first kappa shape index (κ1) is 12.5. The largest absolute Gasteiger partial charge is 0.454 e. The van der Waals surface area contributed by atoms with Gasteiger partial charge in [-0.1, -0.05) is 13.0 Å². The van der Waals surface area contributed by atoms with Crippen molar-refractivity contribution >= 4 is 17.9 Å². The zero-order valence-corrected chi connectivity index (χ0v) is 11.1. The van der Waals surface area contributed by atoms with Gasteiger partial charge < -0.3 is 14.8 Å². The lowest BCUT2D eigenvalue weighted by molar-refractivity contribution is -0.115. The topological polar surface area (TPSA) is 72.0 Å². The molecular formula is C14H15N3O3. The van der Waals surface area contributed by atoms with Crippen molar-refractivity contribution < 1.29 is 14.3 Å². The highest BCUT2D eigenvalue weighted by Gasteiger charge is 2.21. The van der Waals surface area contributed by atoms with Crippen LogP contribution in [0.25, 0.3) is 6.08 Å². The summed E-state index contributed by atoms with van der Waals surface area (Å²) in [6, 6.07) is 5.54. The molecule has 3 rings (SSSR count). The average molecular weight is 273 g/mol. The summed E-state index contributed by atoms with van der Waals surface area (Å²) in [5, 5.41) is 5.66. The van der Waals surface area contributed by atoms with Gasteiger partial charge in [0, 0.05) is 6.54 Å². The van der Waals surface area contributed by atoms with Crippen LogP contribution in [0.15, 0.2) is 28.9 Å². The van der Waals surface area contributed by atoms with Gasteiger partial charge in [-0.25, -0.2) is 0 Å². The SMILES string of the molecule is CCCN=C1NC(=O)/C(=C\c2ccc3c(c2)OCO3)N1. The molecule has 6 nitrogen and oxygen atoms in total. The van der Waals surface area contributed by atoms with E-state index in [-0.39, 0.29) is 12.7 Å². The van der Waals surface area contributed by atoms with Gasteiger partial charge in [-0.15, -0.1) is 0 Å². The predicted molar refractivity (Wildman–Crippen MR) is 74.4 cm³/mol. The minimum Gasteiger partial charge on any atom is -0.454 e. The summed E-state index contributed by atoms with van der Waals surface area (Å²) in [7, 11) is 0. The first-order valence-electron chi connectivity index (χ1n) is 6.50. The molecule has 0 bridgehead atoms. The Hall–Kier alpha value is -2.50. The monoisotopic (exact) mass is 273 g/mol. The van der Waals surface area contributed by atoms with E-state index >= 15 is 0 Å². The van der Waals surface area contributed by atoms with Crippen LogP contribution in [-0.2, 0) is 4.79 Å². The number of carbonyl (C=O) groups excluding carboxylic acids is 1. The van der Waals surface area contributed by atoms with Crippen LogP contribution in [0.2, 0.25) is 0 Å². The molecule has 2 heterocycles. The maximum absolute atomic E-state index is 11.8. The van der Waals surface area contributed by atoms with Crippen LogP contribution in [-0.4, -0.2) is 25.2 Å². The fourth-order valence-corrected chi connectivity index (χ4v) is 1.96. The van der Waals surface area contributed by atoms with E-state index in [0.717, 1.165) is 17.7 Å². The van der Waals surface area contributed by atoms with Crippen molar-refractivity contribution in [3.63, 3.8) is 0 Å². The minimum atomic E-state index is -0.183. The molecule has 0 spiro atoms. The first-order valence-corrected chi connectivity index (χ1v) is 6.50. The van der Waals surface area contributed by atoms with Gasteiger partial charge in [-0.05, 0) is 30.2 Å². The fraction of sp³-hybridized carbons (Fsp3) is 0.286. The Kier molecular flexibility index (Phi) is 3.28. The Bertz CT molecular complexity index is 608. The van der Waals surface area contributed by atoms with Gasteiger partial charge >= 0.3 is 0 Å². The molecule has 20 heavy (non-hydrogen) atoms. The summed E-state index contributed by atoms with van der Waals surface area (Å²) in [5.41, 5.74) is 1.34. The molecule has 2 aliphatic rings. The zero-order chi connectivity index (χ0) is 13.9. The van der Waals surface area contributed by atoms with Crippen LogP contribution in [0.5, 0.6) is 11.5 Å². The lowest BCUT2D eigenvalue weighted by Crippen LogP contribution is -2.25. The normalized spacial score (nSPS) is 20.4. The number of hydrogen-bond acceptors (Lipinski definition) is 4. The smallest absolute Gasteiger partial charge is 0.274 e. The number of guanidine groups is 1. The minimum absolute atomic E-state index is 0.183. The lowest BCUT2D eigenvalue weighted by atomic mass is 10.1. The molecule has 6 heteroatoms. The van der Waals surface area contributed by atoms with Gasteiger partial charge in [0.25, 0.3) is 5.91 Å². The second-order valence-electron chi connectivity index (χ2n) is 4.48. The second kappa shape index (κ2) is 5.24. The van der Waals surface area contributed by atoms with Crippen molar-refractivity contribution in [2.45, 2.75) is 13.3 Å². The fourth-order valence-electron chi connectivity index (χ4n) is 1.96. The summed E-state index contributed by atoms with van der Waals surface area (Å²) in [5.74, 6) is 1.74. The van der Waals surface area contributed by atoms with Crippen LogP contribution < -0.4 is 20.1 Å². The standard InChI is InChI=1S/C14H15N3O3/c1-2-5-15-14-16-10(13(18)17-14)6-9-3-4-11-12(7-9)20-8-19-11/h3-4,6-7H,2,5,8H2,1H3,(H2,15,16,17,18)/b10-6+. The third-order valence-corrected chi connectivity index (χ3v) is 2.93. The van der Waals surface area contributed by atoms with E-state index in [4.69, 9.17) is 9.47 Å². The number of amides is 1. The summed E-state index contributed by atoms with van der Waals surface area (Å²) in [6.45, 7) is 2.95. The van der Waals surface area contributed by atoms with E-state index in [1.165, 1.54) is 0 Å². The number of nitrogens with zero attached hydrogens (tertiary/aromatic N) is 1. The maximum Gasteiger partial charge on any atom is 0.274 e. The average Bonchev–Trinajstić information content (AvgIpc) is 3.03. The highest BCUT2D eigenvalue weighted by molar-refractivity contribution is 6.15. The zero-order valence-electron chi connectivity index (χ0n) is 11.1. The molecular weight excluding hydrogens is 258 g/mol. The van der Waals surface area contributed by atoms with Crippen LogP contribution in [0.4, 0.5) is 0 Å². The number of ether oxygens (including phenoxy) is 2. The maximum atomic E-state index is 11.8. The number of hydrogen-bond donors (Lipinski definition) is 2. The summed E-state index contributed by atoms with van der Waals surface area (Å²) < 4.78 is 10.6. The Balaban J connectivity index is 1.80. The quantitative estimate of drug-likeness (QED) is 0.813. The molecule has 0 unspecified atom stereocenters. The number of rotatable bonds is 3. The van der Waals surface area contributed by atoms with E-state index in [2.05, 4.69) is 15.6 Å². The molecule has 0 saturated carbocycles. The molecule has 1 amide bonds. The summed E-state index contributed by atoms with van der Waals surface area (Å²) in [4.78, 5) is 16.0. The van der Waals surface area contributed by atoms with E-state index in [9.17, 15) is 4.79 Å². The van der Waals surface area contributed by atoms with Crippen molar-refractivity contribution in [1.82, 2.24) is 10.6 Å². The van der Waals surface area contributed by atoms with E-state index < -0.39 is 0 Å². The predicted octanol–water partition coefficient (Wildman–Crippen LogP) is 1.24. The molecule has 1 aromatic carbocycles. The Morgan fingerprint density at radius 3 is 3.00 bits per heavy atom. The summed E-state index contributed by atoms with van der Waals surface area (Å²) in [6.07, 6.45) is 2.69. The van der Waals surface area contributed by atoms with Crippen LogP contribution in [0.1, 0.15) is 18.9 Å². The molecule has 1 fully saturated rings. The van der Waals surface area contributed by atoms with Crippen molar-refractivity contribution in [3.8, 4) is 11.5 Å². The molecule has 2 N–H and O–H groups in total. The Labute approximate surface area is 116 Å². The van der Waals surface area contributed by atoms with Crippen LogP contribution >= 0.6 is 0 Å². The van der Waals surface area contributed by atoms with Crippen molar-refractivity contribution in [3.05, 3.63) is 29.5 Å². The molecule has 0 aliphatic carbocycles. The number of aliphatic imine (C=N–C) groups is 1. The molecule has 1 saturated heterocycles. The second-order valence-corrected chi connectivity index (χ2v) is 4.48. The van der Waals surface area contributed by atoms with Crippen LogP contribution in [0, 0.1) is 0 Å². The van der Waals surface area contributed by atoms with Gasteiger partial charge in [-0.2, -0.15) is 0 Å². The molecule has 0 radical (unpaired) electrons. The van der Waals surface area contributed by atoms with Crippen molar-refractivity contribution in [1.29, 1.82) is 0 Å². The van der Waals surface area contributed by atoms with Crippen molar-refractivity contribution in [2.75, 3.05) is 13.3 Å². The first-order chi connectivity index (χ1) is 9.76. The van der Waals surface area contributed by atoms with Gasteiger partial charge in [-0.3, -0.25) is 15.1 Å². The molecule has 104 valence electrons. The number of carbonyl (C=O) groups is 1. The van der Waals surface area contributed by atoms with Crippen molar-refractivity contribution in [2.24, 2.45) is 4.99 Å². The molecule has 0 aromatic heterocycles. The third-order valence-electron chi connectivity index (χ3n) is 2.93. The van der Waals surface area contributed by atoms with Gasteiger partial charge in [0.15, 0.2) is 11.5 Å². The van der Waals surface area contributed by atoms with Crippen LogP contribution in [0.3, 0.4) is 0 Å². The highest BCUT2D eigenvalue weighted by Crippen LogP contribution is 2.33. The number of fused-ring (bicyclic) bond motifs is 1. The molecule has 1 aromatic rings. The van der Waals surface area contributed by atoms with Gasteiger partial charge in [0.1, 0.15) is 5.70 Å². The number of nitrogens with one attached hydrogen (secondary N) is 2. The van der Waals surface area contributed by atoms with E-state index in [0.29, 0.717) is 24.0 Å². The summed E-state index contributed by atoms with van der Waals surface area (Å²) >= 11 is 0. The van der Waals surface area contributed by atoms with Gasteiger partial charge in [0.2, 0.25) is 12.8 Å². The molecule has 2 aliphatic heterocycles. The van der Waals surface area contributed by atoms with E-state index in [1.54, 1.807) is 6.08 Å². The number of benzene rings is 1. The Morgan fingerprint density at radius 1 is 1.30 bits per heavy atom. The van der Waals surface area contributed by atoms with Gasteiger partial charge in [0.05, 0.1) is 0 Å². The Morgan fingerprint density at radius 2 is 2.15 bits per heavy atom. The molecule has 0 atom stereocenters. The van der Waals surface area contributed by atoms with E-state index in [1.807, 2.05) is 25.1 Å². The highest BCUT2D eigenvalue weighted by atomic mass is 16.7.